The molecule has 2 aliphatic rings. The largest absolute Gasteiger partial charge is 0.340 e. The van der Waals surface area contributed by atoms with Crippen molar-refractivity contribution in [1.29, 1.82) is 0 Å². The van der Waals surface area contributed by atoms with Gasteiger partial charge in [0.05, 0.1) is 0 Å². The number of pyridine rings is 1. The van der Waals surface area contributed by atoms with E-state index in [1.807, 2.05) is 4.90 Å². The Morgan fingerprint density at radius 1 is 1.06 bits per heavy atom. The highest BCUT2D eigenvalue weighted by Crippen LogP contribution is 2.26. The molecule has 2 fully saturated rings. The first-order chi connectivity index (χ1) is 15.4. The van der Waals surface area contributed by atoms with Crippen molar-refractivity contribution in [3.8, 4) is 0 Å². The summed E-state index contributed by atoms with van der Waals surface area (Å²) in [6.07, 6.45) is 3.89. The summed E-state index contributed by atoms with van der Waals surface area (Å²) in [5, 5.41) is 0.413. The van der Waals surface area contributed by atoms with Crippen LogP contribution < -0.4 is 0 Å². The number of aromatic nitrogens is 1. The molecular weight excluding hydrogens is 455 g/mol. The van der Waals surface area contributed by atoms with Crippen LogP contribution >= 0.6 is 11.6 Å². The van der Waals surface area contributed by atoms with Gasteiger partial charge < -0.3 is 4.90 Å². The minimum atomic E-state index is -3.58. The molecule has 7 nitrogen and oxygen atoms in total. The van der Waals surface area contributed by atoms with Crippen LogP contribution in [-0.4, -0.2) is 72.7 Å². The molecule has 1 amide bonds. The molecule has 2 aliphatic heterocycles. The molecule has 172 valence electrons. The third kappa shape index (κ3) is 4.96. The Bertz CT molecular complexity index is 1030. The van der Waals surface area contributed by atoms with E-state index >= 15 is 0 Å². The van der Waals surface area contributed by atoms with Crippen LogP contribution in [0.5, 0.6) is 0 Å². The number of hydrogen-bond acceptors (Lipinski definition) is 5. The highest BCUT2D eigenvalue weighted by atomic mass is 35.5. The number of benzene rings is 1. The number of rotatable bonds is 5. The van der Waals surface area contributed by atoms with Gasteiger partial charge in [-0.2, -0.15) is 4.31 Å². The number of carbonyl (C=O) groups excluding carboxylic acids is 1. The van der Waals surface area contributed by atoms with Crippen LogP contribution in [0, 0.1) is 11.7 Å². The van der Waals surface area contributed by atoms with Gasteiger partial charge in [-0.15, -0.1) is 0 Å². The smallest absolute Gasteiger partial charge is 0.244 e. The van der Waals surface area contributed by atoms with Crippen LogP contribution in [0.4, 0.5) is 4.39 Å². The van der Waals surface area contributed by atoms with E-state index in [0.29, 0.717) is 69.2 Å². The molecule has 1 aromatic carbocycles. The highest BCUT2D eigenvalue weighted by Gasteiger charge is 2.34. The predicted octanol–water partition coefficient (Wildman–Crippen LogP) is 2.62. The Morgan fingerprint density at radius 3 is 2.41 bits per heavy atom. The average Bonchev–Trinajstić information content (AvgIpc) is 2.82. The van der Waals surface area contributed by atoms with Crippen LogP contribution in [0.2, 0.25) is 5.02 Å². The fraction of sp³-hybridized carbons (Fsp3) is 0.455. The standard InChI is InChI=1S/C22H26ClFN4O3S/c23-20-4-1-5-21(24)19(20)16-26-11-13-27(14-12-26)22(29)17-6-9-28(10-7-17)32(30,31)18-3-2-8-25-15-18/h1-5,8,15,17H,6-7,9-14,16H2. The maximum atomic E-state index is 14.1. The molecule has 0 aliphatic carbocycles. The first-order valence-electron chi connectivity index (χ1n) is 10.7. The quantitative estimate of drug-likeness (QED) is 0.657. The predicted molar refractivity (Wildman–Crippen MR) is 119 cm³/mol. The van der Waals surface area contributed by atoms with Gasteiger partial charge in [0.2, 0.25) is 15.9 Å². The molecule has 10 heteroatoms. The molecule has 0 saturated carbocycles. The van der Waals surface area contributed by atoms with Crippen molar-refractivity contribution in [2.45, 2.75) is 24.3 Å². The van der Waals surface area contributed by atoms with E-state index in [0.717, 1.165) is 0 Å². The summed E-state index contributed by atoms with van der Waals surface area (Å²) in [4.78, 5) is 21.0. The van der Waals surface area contributed by atoms with E-state index in [4.69, 9.17) is 11.6 Å². The van der Waals surface area contributed by atoms with Crippen LogP contribution in [0.1, 0.15) is 18.4 Å². The van der Waals surface area contributed by atoms with E-state index in [2.05, 4.69) is 9.88 Å². The molecule has 2 aromatic rings. The number of piperazine rings is 1. The second-order valence-corrected chi connectivity index (χ2v) is 10.5. The zero-order chi connectivity index (χ0) is 22.7. The molecule has 32 heavy (non-hydrogen) atoms. The fourth-order valence-corrected chi connectivity index (χ4v) is 5.94. The van der Waals surface area contributed by atoms with E-state index in [-0.39, 0.29) is 22.5 Å². The molecule has 3 heterocycles. The normalized spacial score (nSPS) is 19.2. The third-order valence-electron chi connectivity index (χ3n) is 6.20. The lowest BCUT2D eigenvalue weighted by Crippen LogP contribution is -2.51. The average molecular weight is 481 g/mol. The Labute approximate surface area is 192 Å². The van der Waals surface area contributed by atoms with E-state index in [1.165, 1.54) is 28.8 Å². The van der Waals surface area contributed by atoms with E-state index < -0.39 is 10.0 Å². The van der Waals surface area contributed by atoms with Crippen molar-refractivity contribution < 1.29 is 17.6 Å². The maximum Gasteiger partial charge on any atom is 0.244 e. The Hall–Kier alpha value is -2.07. The van der Waals surface area contributed by atoms with Gasteiger partial charge in [-0.05, 0) is 37.1 Å². The van der Waals surface area contributed by atoms with Gasteiger partial charge in [0, 0.05) is 74.7 Å². The molecule has 0 N–H and O–H groups in total. The Kier molecular flexibility index (Phi) is 7.09. The van der Waals surface area contributed by atoms with Gasteiger partial charge in [-0.3, -0.25) is 14.7 Å². The van der Waals surface area contributed by atoms with Crippen LogP contribution in [0.3, 0.4) is 0 Å². The summed E-state index contributed by atoms with van der Waals surface area (Å²) in [5.74, 6) is -0.418. The first-order valence-corrected chi connectivity index (χ1v) is 12.5. The van der Waals surface area contributed by atoms with Crippen molar-refractivity contribution >= 4 is 27.5 Å². The first kappa shape index (κ1) is 23.1. The molecule has 0 bridgehead atoms. The second-order valence-electron chi connectivity index (χ2n) is 8.17. The zero-order valence-electron chi connectivity index (χ0n) is 17.7. The van der Waals surface area contributed by atoms with Gasteiger partial charge in [0.15, 0.2) is 0 Å². The van der Waals surface area contributed by atoms with Crippen LogP contribution in [0.25, 0.3) is 0 Å². The number of amides is 1. The number of halogens is 2. The summed E-state index contributed by atoms with van der Waals surface area (Å²) in [6.45, 7) is 3.48. The lowest BCUT2D eigenvalue weighted by Gasteiger charge is -2.38. The number of sulfonamides is 1. The fourth-order valence-electron chi connectivity index (χ4n) is 4.28. The second kappa shape index (κ2) is 9.82. The molecule has 0 atom stereocenters. The number of carbonyl (C=O) groups is 1. The van der Waals surface area contributed by atoms with Crippen molar-refractivity contribution in [2.75, 3.05) is 39.3 Å². The van der Waals surface area contributed by atoms with Gasteiger partial charge in [0.1, 0.15) is 10.7 Å². The molecule has 2 saturated heterocycles. The molecule has 4 rings (SSSR count). The van der Waals surface area contributed by atoms with E-state index in [1.54, 1.807) is 18.2 Å². The summed E-state index contributed by atoms with van der Waals surface area (Å²) >= 11 is 6.13. The lowest BCUT2D eigenvalue weighted by atomic mass is 9.96. The van der Waals surface area contributed by atoms with Gasteiger partial charge in [-0.1, -0.05) is 17.7 Å². The monoisotopic (exact) mass is 480 g/mol. The number of hydrogen-bond donors (Lipinski definition) is 0. The topological polar surface area (TPSA) is 73.8 Å². The Morgan fingerprint density at radius 2 is 1.78 bits per heavy atom. The van der Waals surface area contributed by atoms with Crippen molar-refractivity contribution in [3.63, 3.8) is 0 Å². The molecular formula is C22H26ClFN4O3S. The van der Waals surface area contributed by atoms with Crippen LogP contribution in [0.15, 0.2) is 47.6 Å². The van der Waals surface area contributed by atoms with Crippen molar-refractivity contribution in [3.05, 3.63) is 59.1 Å². The molecule has 0 radical (unpaired) electrons. The number of nitrogens with zero attached hydrogens (tertiary/aromatic N) is 4. The van der Waals surface area contributed by atoms with E-state index in [9.17, 15) is 17.6 Å². The molecule has 0 unspecified atom stereocenters. The number of piperidine rings is 1. The summed E-state index contributed by atoms with van der Waals surface area (Å²) in [6, 6.07) is 7.81. The Balaban J connectivity index is 1.28. The maximum absolute atomic E-state index is 14.1. The zero-order valence-corrected chi connectivity index (χ0v) is 19.2. The third-order valence-corrected chi connectivity index (χ3v) is 8.44. The minimum Gasteiger partial charge on any atom is -0.340 e. The van der Waals surface area contributed by atoms with Crippen LogP contribution in [-0.2, 0) is 21.4 Å². The van der Waals surface area contributed by atoms with Gasteiger partial charge >= 0.3 is 0 Å². The van der Waals surface area contributed by atoms with Gasteiger partial charge in [0.25, 0.3) is 0 Å². The summed E-state index contributed by atoms with van der Waals surface area (Å²) in [5.41, 5.74) is 0.483. The SMILES string of the molecule is O=C(C1CCN(S(=O)(=O)c2cccnc2)CC1)N1CCN(Cc2c(F)cccc2Cl)CC1. The highest BCUT2D eigenvalue weighted by molar-refractivity contribution is 7.89. The minimum absolute atomic E-state index is 0.0759. The van der Waals surface area contributed by atoms with Crippen molar-refractivity contribution in [2.24, 2.45) is 5.92 Å². The molecule has 1 aromatic heterocycles. The summed E-state index contributed by atoms with van der Waals surface area (Å²) < 4.78 is 41.0. The van der Waals surface area contributed by atoms with Crippen molar-refractivity contribution in [1.82, 2.24) is 19.1 Å². The lowest BCUT2D eigenvalue weighted by molar-refractivity contribution is -0.138. The summed E-state index contributed by atoms with van der Waals surface area (Å²) in [7, 11) is -3.58. The van der Waals surface area contributed by atoms with Gasteiger partial charge in [-0.25, -0.2) is 12.8 Å². The molecule has 0 spiro atoms.